The molecule has 0 aliphatic carbocycles. The molecule has 106 valence electrons. The summed E-state index contributed by atoms with van der Waals surface area (Å²) in [6.07, 6.45) is -5.47. The number of hydrogen-bond acceptors (Lipinski definition) is 3. The molecule has 1 unspecified atom stereocenters. The monoisotopic (exact) mass is 290 g/mol. The highest BCUT2D eigenvalue weighted by atomic mass is 32.2. The van der Waals surface area contributed by atoms with E-state index in [9.17, 15) is 8.42 Å². The van der Waals surface area contributed by atoms with Crippen LogP contribution in [0.3, 0.4) is 0 Å². The molecule has 0 amide bonds. The second kappa shape index (κ2) is 6.06. The van der Waals surface area contributed by atoms with E-state index < -0.39 is 41.5 Å². The molecule has 1 heterocycles. The summed E-state index contributed by atoms with van der Waals surface area (Å²) >= 11 is 0. The zero-order valence-corrected chi connectivity index (χ0v) is 11.7. The van der Waals surface area contributed by atoms with Gasteiger partial charge in [-0.1, -0.05) is 19.1 Å². The van der Waals surface area contributed by atoms with Crippen molar-refractivity contribution in [3.05, 3.63) is 29.8 Å². The fourth-order valence-corrected chi connectivity index (χ4v) is 2.37. The third kappa shape index (κ3) is 3.80. The van der Waals surface area contributed by atoms with Crippen molar-refractivity contribution in [1.29, 1.82) is 0 Å². The van der Waals surface area contributed by atoms with E-state index in [4.69, 9.17) is 12.3 Å². The third-order valence-corrected chi connectivity index (χ3v) is 3.73. The van der Waals surface area contributed by atoms with Gasteiger partial charge in [0.2, 0.25) is 0 Å². The number of rotatable bonds is 4. The summed E-state index contributed by atoms with van der Waals surface area (Å²) in [5, 5.41) is 0. The molecule has 1 atom stereocenters. The topological polar surface area (TPSA) is 37.4 Å². The minimum atomic E-state index is -3.75. The van der Waals surface area contributed by atoms with Crippen LogP contribution < -0.4 is 0 Å². The molecule has 2 rings (SSSR count). The Bertz CT molecular complexity index is 872. The normalized spacial score (nSPS) is 42.9. The molecule has 0 aromatic heterocycles. The van der Waals surface area contributed by atoms with Gasteiger partial charge < -0.3 is 4.90 Å². The Morgan fingerprint density at radius 3 is 3.00 bits per heavy atom. The first kappa shape index (κ1) is 6.72. The molecule has 19 heavy (non-hydrogen) atoms. The summed E-state index contributed by atoms with van der Waals surface area (Å²) in [4.78, 5) is 0.265. The largest absolute Gasteiger partial charge is 0.303 e. The lowest BCUT2D eigenvalue weighted by molar-refractivity contribution is 0.208. The van der Waals surface area contributed by atoms with E-state index in [0.717, 1.165) is 12.3 Å². The summed E-state index contributed by atoms with van der Waals surface area (Å²) in [5.74, 6) is -2.95. The highest BCUT2D eigenvalue weighted by molar-refractivity contribution is 7.90. The average molecular weight is 290 g/mol. The number of likely N-dealkylation sites (tertiary alicyclic amines) is 1. The Hall–Kier alpha value is -0.870. The fraction of sp³-hybridized carbons (Fsp3) is 0.600. The van der Waals surface area contributed by atoms with Crippen LogP contribution in [0.15, 0.2) is 29.2 Å². The first-order chi connectivity index (χ1) is 12.4. The summed E-state index contributed by atoms with van der Waals surface area (Å²) in [5.41, 5.74) is -0.383. The van der Waals surface area contributed by atoms with Gasteiger partial charge in [0.25, 0.3) is 0 Å². The predicted octanol–water partition coefficient (Wildman–Crippen LogP) is 2.68. The second-order valence-corrected chi connectivity index (χ2v) is 6.32. The van der Waals surface area contributed by atoms with Crippen LogP contribution in [-0.2, 0) is 9.84 Å². The van der Waals surface area contributed by atoms with Crippen LogP contribution in [0.25, 0.3) is 0 Å². The van der Waals surface area contributed by atoms with E-state index in [1.165, 1.54) is 18.2 Å². The van der Waals surface area contributed by atoms with Gasteiger partial charge in [-0.25, -0.2) is 8.42 Å². The van der Waals surface area contributed by atoms with Crippen molar-refractivity contribution in [1.82, 2.24) is 4.90 Å². The van der Waals surface area contributed by atoms with Crippen LogP contribution in [-0.4, -0.2) is 39.1 Å². The summed E-state index contributed by atoms with van der Waals surface area (Å²) in [6.45, 7) is -4.67. The van der Waals surface area contributed by atoms with Gasteiger partial charge in [-0.2, -0.15) is 0 Å². The number of sulfone groups is 1. The van der Waals surface area contributed by atoms with E-state index in [0.29, 0.717) is 4.90 Å². The van der Waals surface area contributed by atoms with Crippen molar-refractivity contribution >= 4 is 9.84 Å². The van der Waals surface area contributed by atoms with Gasteiger partial charge in [0, 0.05) is 25.1 Å². The molecule has 1 saturated heterocycles. The van der Waals surface area contributed by atoms with Gasteiger partial charge in [-0.3, -0.25) is 0 Å². The Morgan fingerprint density at radius 2 is 2.32 bits per heavy atom. The van der Waals surface area contributed by atoms with Gasteiger partial charge in [-0.15, -0.1) is 0 Å². The lowest BCUT2D eigenvalue weighted by Gasteiger charge is -2.32. The number of benzene rings is 1. The Labute approximate surface area is 129 Å². The van der Waals surface area contributed by atoms with Crippen LogP contribution in [0.4, 0.5) is 0 Å². The van der Waals surface area contributed by atoms with Crippen molar-refractivity contribution in [2.24, 2.45) is 0 Å². The second-order valence-electron chi connectivity index (χ2n) is 4.30. The van der Waals surface area contributed by atoms with Crippen molar-refractivity contribution in [3.63, 3.8) is 0 Å². The fourth-order valence-electron chi connectivity index (χ4n) is 1.70. The quantitative estimate of drug-likeness (QED) is 0.855. The van der Waals surface area contributed by atoms with Gasteiger partial charge in [-0.05, 0) is 55.8 Å². The molecular formula is C15H23NO2S. The van der Waals surface area contributed by atoms with E-state index in [1.54, 1.807) is 6.92 Å². The van der Waals surface area contributed by atoms with Gasteiger partial charge in [0.1, 0.15) is 0 Å². The van der Waals surface area contributed by atoms with Crippen LogP contribution in [0, 0.1) is 0 Å². The summed E-state index contributed by atoms with van der Waals surface area (Å²) in [7, 11) is -3.75. The molecule has 0 spiro atoms. The molecule has 3 nitrogen and oxygen atoms in total. The average Bonchev–Trinajstić information content (AvgIpc) is 2.56. The van der Waals surface area contributed by atoms with Crippen molar-refractivity contribution in [2.45, 2.75) is 36.9 Å². The van der Waals surface area contributed by atoms with E-state index >= 15 is 0 Å². The Kier molecular flexibility index (Phi) is 2.14. The lowest BCUT2D eigenvalue weighted by atomic mass is 9.90. The lowest BCUT2D eigenvalue weighted by Crippen LogP contribution is -2.34. The Morgan fingerprint density at radius 1 is 1.53 bits per heavy atom. The molecule has 1 aromatic rings. The maximum atomic E-state index is 11.9. The number of hydrogen-bond donors (Lipinski definition) is 0. The highest BCUT2D eigenvalue weighted by Crippen LogP contribution is 2.28. The third-order valence-electron chi connectivity index (χ3n) is 2.62. The molecule has 1 aliphatic rings. The molecule has 1 aromatic carbocycles. The van der Waals surface area contributed by atoms with Crippen molar-refractivity contribution in [2.75, 3.05) is 25.8 Å². The van der Waals surface area contributed by atoms with Gasteiger partial charge in [0.15, 0.2) is 9.84 Å². The smallest absolute Gasteiger partial charge is 0.175 e. The zero-order chi connectivity index (χ0) is 22.0. The maximum Gasteiger partial charge on any atom is 0.175 e. The molecule has 0 bridgehead atoms. The van der Waals surface area contributed by atoms with Crippen LogP contribution in [0.2, 0.25) is 0 Å². The van der Waals surface area contributed by atoms with Crippen molar-refractivity contribution < 1.29 is 20.8 Å². The van der Waals surface area contributed by atoms with E-state index in [1.807, 2.05) is 0 Å². The van der Waals surface area contributed by atoms with Crippen LogP contribution in [0.5, 0.6) is 0 Å². The summed E-state index contributed by atoms with van der Waals surface area (Å²) < 4.78 is 98.9. The Balaban J connectivity index is 2.90. The number of nitrogens with zero attached hydrogens (tertiary/aromatic N) is 1. The minimum absolute atomic E-state index is 0.234. The molecule has 1 fully saturated rings. The first-order valence-electron chi connectivity index (χ1n) is 10.5. The standard InChI is InChI=1S/C15H23NO2S/c1-3-9-16-10-5-7-14(12-16)13-6-4-8-15(11-13)19(2,17)18/h4,6,8,11,14H,3,5,7,9-10,12H2,1-2H3/i5D2,7D2,10D2,12D2,14D. The zero-order valence-electron chi connectivity index (χ0n) is 19.9. The molecule has 0 N–H and O–H groups in total. The molecule has 4 heteroatoms. The number of piperidine rings is 1. The predicted molar refractivity (Wildman–Crippen MR) is 78.3 cm³/mol. The van der Waals surface area contributed by atoms with E-state index in [-0.39, 0.29) is 23.4 Å². The maximum absolute atomic E-state index is 11.9. The minimum Gasteiger partial charge on any atom is -0.303 e. The molecule has 1 aliphatic heterocycles. The van der Waals surface area contributed by atoms with E-state index in [2.05, 4.69) is 0 Å². The van der Waals surface area contributed by atoms with Crippen molar-refractivity contribution in [3.8, 4) is 0 Å². The summed E-state index contributed by atoms with van der Waals surface area (Å²) in [6, 6.07) is 4.57. The van der Waals surface area contributed by atoms with Gasteiger partial charge in [0.05, 0.1) is 4.90 Å². The van der Waals surface area contributed by atoms with Gasteiger partial charge >= 0.3 is 0 Å². The highest BCUT2D eigenvalue weighted by Gasteiger charge is 2.21. The molecule has 0 saturated carbocycles. The molecular weight excluding hydrogens is 258 g/mol. The van der Waals surface area contributed by atoms with Crippen LogP contribution >= 0.6 is 0 Å². The van der Waals surface area contributed by atoms with Crippen LogP contribution in [0.1, 0.15) is 49.9 Å². The molecule has 0 radical (unpaired) electrons. The first-order valence-corrected chi connectivity index (χ1v) is 7.88. The SMILES string of the molecule is [2H]C1([2H])N(CCC)C([2H])([2H])C([2H])(c2cccc(S(C)(=O)=O)c2)C([2H])([2H])C1([2H])[2H].